The zero-order valence-electron chi connectivity index (χ0n) is 14.1. The number of rotatable bonds is 8. The van der Waals surface area contributed by atoms with Crippen molar-refractivity contribution in [3.63, 3.8) is 0 Å². The molecule has 0 aliphatic carbocycles. The van der Waals surface area contributed by atoms with Gasteiger partial charge in [-0.1, -0.05) is 50.6 Å². The summed E-state index contributed by atoms with van der Waals surface area (Å²) in [6.45, 7) is 3.74. The van der Waals surface area contributed by atoms with Crippen molar-refractivity contribution in [1.29, 1.82) is 0 Å². The quantitative estimate of drug-likeness (QED) is 0.696. The van der Waals surface area contributed by atoms with E-state index in [-0.39, 0.29) is 18.2 Å². The molecule has 0 spiro atoms. The van der Waals surface area contributed by atoms with E-state index in [0.717, 1.165) is 17.0 Å². The Morgan fingerprint density at radius 2 is 1.88 bits per heavy atom. The minimum absolute atomic E-state index is 0.0957. The highest BCUT2D eigenvalue weighted by Gasteiger charge is 2.24. The highest BCUT2D eigenvalue weighted by molar-refractivity contribution is 5.83. The number of carboxylic acid groups (broad SMARTS) is 1. The van der Waals surface area contributed by atoms with Crippen LogP contribution in [0.5, 0.6) is 0 Å². The van der Waals surface area contributed by atoms with Gasteiger partial charge in [-0.15, -0.1) is 0 Å². The van der Waals surface area contributed by atoms with Crippen molar-refractivity contribution < 1.29 is 14.7 Å². The van der Waals surface area contributed by atoms with Crippen LogP contribution < -0.4 is 5.32 Å². The summed E-state index contributed by atoms with van der Waals surface area (Å²) in [5.74, 6) is -1.32. The van der Waals surface area contributed by atoms with Crippen molar-refractivity contribution in [3.8, 4) is 11.3 Å². The molecular weight excluding hydrogens is 304 g/mol. The first-order chi connectivity index (χ1) is 11.5. The second-order valence-electron chi connectivity index (χ2n) is 6.03. The van der Waals surface area contributed by atoms with Crippen LogP contribution in [0, 0.1) is 5.92 Å². The van der Waals surface area contributed by atoms with Gasteiger partial charge in [0.15, 0.2) is 0 Å². The molecule has 2 unspecified atom stereocenters. The Bertz CT molecular complexity index is 679. The van der Waals surface area contributed by atoms with E-state index in [1.807, 2.05) is 56.3 Å². The van der Waals surface area contributed by atoms with Gasteiger partial charge in [-0.2, -0.15) is 0 Å². The monoisotopic (exact) mass is 328 g/mol. The molecule has 0 radical (unpaired) electrons. The van der Waals surface area contributed by atoms with Crippen LogP contribution in [0.4, 0.5) is 0 Å². The van der Waals surface area contributed by atoms with Crippen LogP contribution >= 0.6 is 0 Å². The van der Waals surface area contributed by atoms with Gasteiger partial charge >= 0.3 is 5.97 Å². The van der Waals surface area contributed by atoms with Gasteiger partial charge in [0.1, 0.15) is 6.04 Å². The van der Waals surface area contributed by atoms with Crippen molar-refractivity contribution in [1.82, 2.24) is 10.3 Å². The number of carbonyl (C=O) groups excluding carboxylic acids is 1. The lowest BCUT2D eigenvalue weighted by Gasteiger charge is -2.20. The van der Waals surface area contributed by atoms with E-state index in [9.17, 15) is 14.7 Å². The van der Waals surface area contributed by atoms with E-state index >= 15 is 0 Å². The number of amides is 1. The highest BCUT2D eigenvalue weighted by Crippen LogP contribution is 2.18. The molecule has 1 amide bonds. The van der Waals surface area contributed by atoms with Crippen molar-refractivity contribution in [2.45, 2.75) is 39.2 Å². The number of aryl methyl sites for hydroxylation is 1. The molecule has 2 aromatic rings. The minimum atomic E-state index is -0.982. The minimum Gasteiger partial charge on any atom is -0.480 e. The Morgan fingerprint density at radius 1 is 1.17 bits per heavy atom. The number of hydrogen-bond acceptors (Lipinski definition) is 2. The number of aromatic nitrogens is 1. The second-order valence-corrected chi connectivity index (χ2v) is 6.03. The lowest BCUT2D eigenvalue weighted by molar-refractivity contribution is -0.143. The summed E-state index contributed by atoms with van der Waals surface area (Å²) >= 11 is 0. The van der Waals surface area contributed by atoms with Gasteiger partial charge in [0.05, 0.1) is 0 Å². The summed E-state index contributed by atoms with van der Waals surface area (Å²) in [5, 5.41) is 11.8. The molecule has 0 saturated heterocycles. The Balaban J connectivity index is 1.90. The average molecular weight is 328 g/mol. The normalized spacial score (nSPS) is 13.2. The first-order valence-corrected chi connectivity index (χ1v) is 8.26. The molecule has 5 nitrogen and oxygen atoms in total. The largest absolute Gasteiger partial charge is 0.480 e. The van der Waals surface area contributed by atoms with Gasteiger partial charge in [0, 0.05) is 17.8 Å². The molecule has 1 aromatic carbocycles. The van der Waals surface area contributed by atoms with E-state index in [1.165, 1.54) is 0 Å². The molecule has 3 N–H and O–H groups in total. The smallest absolute Gasteiger partial charge is 0.326 e. The van der Waals surface area contributed by atoms with Crippen molar-refractivity contribution in [2.75, 3.05) is 0 Å². The molecule has 0 saturated carbocycles. The van der Waals surface area contributed by atoms with Crippen LogP contribution in [0.15, 0.2) is 42.5 Å². The number of carboxylic acids is 1. The third-order valence-corrected chi connectivity index (χ3v) is 4.25. The average Bonchev–Trinajstić information content (AvgIpc) is 3.06. The first kappa shape index (κ1) is 17.8. The molecule has 5 heteroatoms. The summed E-state index contributed by atoms with van der Waals surface area (Å²) in [6.07, 6.45) is 1.51. The summed E-state index contributed by atoms with van der Waals surface area (Å²) in [6, 6.07) is 13.1. The van der Waals surface area contributed by atoms with Gasteiger partial charge in [-0.05, 0) is 30.0 Å². The summed E-state index contributed by atoms with van der Waals surface area (Å²) in [7, 11) is 0. The Kier molecular flexibility index (Phi) is 6.18. The van der Waals surface area contributed by atoms with Crippen molar-refractivity contribution >= 4 is 11.9 Å². The van der Waals surface area contributed by atoms with Crippen LogP contribution in [0.1, 0.15) is 32.4 Å². The summed E-state index contributed by atoms with van der Waals surface area (Å²) in [4.78, 5) is 26.6. The predicted molar refractivity (Wildman–Crippen MR) is 93.6 cm³/mol. The number of nitrogens with one attached hydrogen (secondary N) is 2. The SMILES string of the molecule is CCC(C)C(NC(=O)CCc1ccc(-c2ccccc2)[nH]1)C(=O)O. The molecular formula is C19H24N2O3. The van der Waals surface area contributed by atoms with E-state index in [0.29, 0.717) is 12.8 Å². The Hall–Kier alpha value is -2.56. The van der Waals surface area contributed by atoms with E-state index in [4.69, 9.17) is 0 Å². The number of hydrogen-bond donors (Lipinski definition) is 3. The molecule has 2 rings (SSSR count). The fourth-order valence-corrected chi connectivity index (χ4v) is 2.55. The van der Waals surface area contributed by atoms with Crippen LogP contribution in [-0.4, -0.2) is 28.0 Å². The Labute approximate surface area is 142 Å². The van der Waals surface area contributed by atoms with Gasteiger partial charge in [0.2, 0.25) is 5.91 Å². The number of H-pyrrole nitrogens is 1. The molecule has 0 bridgehead atoms. The standard InChI is InChI=1S/C19H24N2O3/c1-3-13(2)18(19(23)24)21-17(22)12-10-15-9-11-16(20-15)14-7-5-4-6-8-14/h4-9,11,13,18,20H,3,10,12H2,1-2H3,(H,21,22)(H,23,24). The van der Waals surface area contributed by atoms with Crippen molar-refractivity contribution in [2.24, 2.45) is 5.92 Å². The van der Waals surface area contributed by atoms with E-state index < -0.39 is 12.0 Å². The maximum Gasteiger partial charge on any atom is 0.326 e. The molecule has 128 valence electrons. The molecule has 1 heterocycles. The predicted octanol–water partition coefficient (Wildman–Crippen LogP) is 3.23. The lowest BCUT2D eigenvalue weighted by Crippen LogP contribution is -2.45. The summed E-state index contributed by atoms with van der Waals surface area (Å²) in [5.41, 5.74) is 3.06. The van der Waals surface area contributed by atoms with Gasteiger partial charge in [-0.3, -0.25) is 4.79 Å². The van der Waals surface area contributed by atoms with E-state index in [1.54, 1.807) is 0 Å². The van der Waals surface area contributed by atoms with Gasteiger partial charge < -0.3 is 15.4 Å². The van der Waals surface area contributed by atoms with Crippen LogP contribution in [0.25, 0.3) is 11.3 Å². The van der Waals surface area contributed by atoms with Gasteiger partial charge in [0.25, 0.3) is 0 Å². The molecule has 0 aliphatic rings. The maximum absolute atomic E-state index is 12.0. The fourth-order valence-electron chi connectivity index (χ4n) is 2.55. The lowest BCUT2D eigenvalue weighted by atomic mass is 9.99. The highest BCUT2D eigenvalue weighted by atomic mass is 16.4. The van der Waals surface area contributed by atoms with Crippen LogP contribution in [0.3, 0.4) is 0 Å². The molecule has 0 aliphatic heterocycles. The molecule has 0 fully saturated rings. The maximum atomic E-state index is 12.0. The third kappa shape index (κ3) is 4.72. The fraction of sp³-hybridized carbons (Fsp3) is 0.368. The zero-order valence-corrected chi connectivity index (χ0v) is 14.1. The molecule has 1 aromatic heterocycles. The van der Waals surface area contributed by atoms with Crippen LogP contribution in [-0.2, 0) is 16.0 Å². The Morgan fingerprint density at radius 3 is 2.50 bits per heavy atom. The second kappa shape index (κ2) is 8.34. The molecule has 24 heavy (non-hydrogen) atoms. The number of aromatic amines is 1. The van der Waals surface area contributed by atoms with E-state index in [2.05, 4.69) is 10.3 Å². The van der Waals surface area contributed by atoms with Gasteiger partial charge in [-0.25, -0.2) is 4.79 Å². The number of carbonyl (C=O) groups is 2. The third-order valence-electron chi connectivity index (χ3n) is 4.25. The van der Waals surface area contributed by atoms with Crippen molar-refractivity contribution in [3.05, 3.63) is 48.2 Å². The van der Waals surface area contributed by atoms with Crippen LogP contribution in [0.2, 0.25) is 0 Å². The topological polar surface area (TPSA) is 82.2 Å². The number of benzene rings is 1. The first-order valence-electron chi connectivity index (χ1n) is 8.26. The zero-order chi connectivity index (χ0) is 17.5. The number of aliphatic carboxylic acids is 1. The molecule has 2 atom stereocenters. The summed E-state index contributed by atoms with van der Waals surface area (Å²) < 4.78 is 0.